The number of rotatable bonds is 2. The van der Waals surface area contributed by atoms with Crippen LogP contribution in [0.5, 0.6) is 0 Å². The van der Waals surface area contributed by atoms with E-state index in [0.29, 0.717) is 0 Å². The smallest absolute Gasteiger partial charge is 0.254 e. The van der Waals surface area contributed by atoms with Gasteiger partial charge in [0.05, 0.1) is 0 Å². The van der Waals surface area contributed by atoms with E-state index in [-0.39, 0.29) is 11.9 Å². The molecule has 3 heterocycles. The maximum Gasteiger partial charge on any atom is 0.254 e. The minimum atomic E-state index is 0.117. The monoisotopic (exact) mass is 303 g/mol. The second kappa shape index (κ2) is 6.62. The molecule has 0 radical (unpaired) electrons. The molecule has 6 nitrogen and oxygen atoms in total. The van der Waals surface area contributed by atoms with Gasteiger partial charge in [0, 0.05) is 63.6 Å². The van der Waals surface area contributed by atoms with Gasteiger partial charge in [0.1, 0.15) is 5.82 Å². The van der Waals surface area contributed by atoms with E-state index in [9.17, 15) is 4.79 Å². The first-order valence-corrected chi connectivity index (χ1v) is 8.06. The van der Waals surface area contributed by atoms with Gasteiger partial charge in [-0.1, -0.05) is 0 Å². The van der Waals surface area contributed by atoms with Crippen LogP contribution in [-0.2, 0) is 0 Å². The first kappa shape index (κ1) is 15.2. The minimum Gasteiger partial charge on any atom is -0.354 e. The number of piperazine rings is 2. The maximum atomic E-state index is 12.7. The number of aromatic nitrogens is 1. The fraction of sp³-hybridized carbons (Fsp3) is 0.625. The molecule has 2 fully saturated rings. The Morgan fingerprint density at radius 3 is 2.77 bits per heavy atom. The van der Waals surface area contributed by atoms with Crippen LogP contribution in [0.3, 0.4) is 0 Å². The van der Waals surface area contributed by atoms with E-state index in [2.05, 4.69) is 34.1 Å². The zero-order chi connectivity index (χ0) is 15.5. The maximum absolute atomic E-state index is 12.7. The van der Waals surface area contributed by atoms with Gasteiger partial charge in [0.2, 0.25) is 0 Å². The average molecular weight is 303 g/mol. The lowest BCUT2D eigenvalue weighted by Crippen LogP contribution is -2.52. The lowest BCUT2D eigenvalue weighted by Gasteiger charge is -2.35. The summed E-state index contributed by atoms with van der Waals surface area (Å²) in [4.78, 5) is 23.7. The predicted molar refractivity (Wildman–Crippen MR) is 87.3 cm³/mol. The molecular formula is C16H25N5O. The largest absolute Gasteiger partial charge is 0.354 e. The highest BCUT2D eigenvalue weighted by molar-refractivity contribution is 5.95. The Morgan fingerprint density at radius 1 is 1.27 bits per heavy atom. The molecule has 2 saturated heterocycles. The standard InChI is InChI=1S/C16H25N5O/c1-13-12-17-5-6-21(13)16(22)14-3-4-18-15(11-14)20-9-7-19(2)8-10-20/h3-4,11,13,17H,5-10,12H2,1-2H3. The summed E-state index contributed by atoms with van der Waals surface area (Å²) in [6, 6.07) is 4.01. The molecule has 6 heteroatoms. The van der Waals surface area contributed by atoms with Gasteiger partial charge >= 0.3 is 0 Å². The number of nitrogens with one attached hydrogen (secondary N) is 1. The van der Waals surface area contributed by atoms with Gasteiger partial charge in [-0.05, 0) is 26.1 Å². The Kier molecular flexibility index (Phi) is 4.59. The summed E-state index contributed by atoms with van der Waals surface area (Å²) in [5.41, 5.74) is 0.748. The van der Waals surface area contributed by atoms with E-state index >= 15 is 0 Å². The zero-order valence-electron chi connectivity index (χ0n) is 13.5. The third-order valence-corrected chi connectivity index (χ3v) is 4.58. The van der Waals surface area contributed by atoms with Gasteiger partial charge in [-0.25, -0.2) is 4.98 Å². The molecule has 0 aliphatic carbocycles. The van der Waals surface area contributed by atoms with Crippen LogP contribution in [0.25, 0.3) is 0 Å². The molecule has 2 aliphatic heterocycles. The average Bonchev–Trinajstić information content (AvgIpc) is 2.55. The van der Waals surface area contributed by atoms with Crippen LogP contribution in [0.15, 0.2) is 18.3 Å². The van der Waals surface area contributed by atoms with Crippen LogP contribution in [0, 0.1) is 0 Å². The van der Waals surface area contributed by atoms with Crippen molar-refractivity contribution in [1.82, 2.24) is 20.1 Å². The van der Waals surface area contributed by atoms with E-state index in [0.717, 1.165) is 57.2 Å². The number of hydrogen-bond donors (Lipinski definition) is 1. The van der Waals surface area contributed by atoms with Gasteiger partial charge in [0.15, 0.2) is 0 Å². The molecule has 0 bridgehead atoms. The van der Waals surface area contributed by atoms with Crippen LogP contribution in [-0.4, -0.2) is 79.6 Å². The van der Waals surface area contributed by atoms with Crippen molar-refractivity contribution in [3.05, 3.63) is 23.9 Å². The Bertz CT molecular complexity index is 527. The molecule has 120 valence electrons. The third kappa shape index (κ3) is 3.23. The first-order chi connectivity index (χ1) is 10.6. The summed E-state index contributed by atoms with van der Waals surface area (Å²) in [6.45, 7) is 8.59. The lowest BCUT2D eigenvalue weighted by atomic mass is 10.1. The van der Waals surface area contributed by atoms with Crippen molar-refractivity contribution in [1.29, 1.82) is 0 Å². The number of anilines is 1. The fourth-order valence-electron chi connectivity index (χ4n) is 3.07. The number of carbonyl (C=O) groups excluding carboxylic acids is 1. The lowest BCUT2D eigenvalue weighted by molar-refractivity contribution is 0.0655. The topological polar surface area (TPSA) is 51.7 Å². The number of pyridine rings is 1. The summed E-state index contributed by atoms with van der Waals surface area (Å²) >= 11 is 0. The Balaban J connectivity index is 1.74. The highest BCUT2D eigenvalue weighted by atomic mass is 16.2. The van der Waals surface area contributed by atoms with Crippen molar-refractivity contribution in [3.8, 4) is 0 Å². The Morgan fingerprint density at radius 2 is 2.05 bits per heavy atom. The normalized spacial score (nSPS) is 23.6. The van der Waals surface area contributed by atoms with Gasteiger partial charge < -0.3 is 20.0 Å². The highest BCUT2D eigenvalue weighted by Gasteiger charge is 2.25. The van der Waals surface area contributed by atoms with Crippen molar-refractivity contribution in [2.75, 3.05) is 57.8 Å². The SMILES string of the molecule is CC1CNCCN1C(=O)c1ccnc(N2CCN(C)CC2)c1. The number of amides is 1. The Hall–Kier alpha value is -1.66. The third-order valence-electron chi connectivity index (χ3n) is 4.58. The number of likely N-dealkylation sites (N-methyl/N-ethyl adjacent to an activating group) is 1. The van der Waals surface area contributed by atoms with Crippen molar-refractivity contribution >= 4 is 11.7 Å². The number of carbonyl (C=O) groups is 1. The quantitative estimate of drug-likeness (QED) is 0.850. The molecule has 0 spiro atoms. The van der Waals surface area contributed by atoms with E-state index in [4.69, 9.17) is 0 Å². The van der Waals surface area contributed by atoms with E-state index in [1.54, 1.807) is 6.20 Å². The van der Waals surface area contributed by atoms with Crippen LogP contribution in [0.2, 0.25) is 0 Å². The molecule has 1 amide bonds. The molecule has 1 aromatic heterocycles. The molecule has 22 heavy (non-hydrogen) atoms. The van der Waals surface area contributed by atoms with Gasteiger partial charge in [-0.15, -0.1) is 0 Å². The summed E-state index contributed by atoms with van der Waals surface area (Å²) < 4.78 is 0. The second-order valence-corrected chi connectivity index (χ2v) is 6.24. The second-order valence-electron chi connectivity index (χ2n) is 6.24. The van der Waals surface area contributed by atoms with Crippen LogP contribution >= 0.6 is 0 Å². The molecule has 1 aromatic rings. The summed E-state index contributed by atoms with van der Waals surface area (Å²) in [6.07, 6.45) is 1.76. The Labute approximate surface area is 132 Å². The molecule has 3 rings (SSSR count). The molecule has 1 unspecified atom stereocenters. The molecule has 0 aromatic carbocycles. The molecule has 0 saturated carbocycles. The minimum absolute atomic E-state index is 0.117. The van der Waals surface area contributed by atoms with Gasteiger partial charge in [-0.2, -0.15) is 0 Å². The van der Waals surface area contributed by atoms with E-state index in [1.165, 1.54) is 0 Å². The number of nitrogens with zero attached hydrogens (tertiary/aromatic N) is 4. The van der Waals surface area contributed by atoms with E-state index in [1.807, 2.05) is 17.0 Å². The van der Waals surface area contributed by atoms with Crippen molar-refractivity contribution < 1.29 is 4.79 Å². The number of hydrogen-bond acceptors (Lipinski definition) is 5. The van der Waals surface area contributed by atoms with Crippen molar-refractivity contribution in [2.45, 2.75) is 13.0 Å². The summed E-state index contributed by atoms with van der Waals surface area (Å²) in [7, 11) is 2.14. The predicted octanol–water partition coefficient (Wildman–Crippen LogP) is 0.267. The summed E-state index contributed by atoms with van der Waals surface area (Å²) in [5, 5.41) is 3.32. The first-order valence-electron chi connectivity index (χ1n) is 8.06. The van der Waals surface area contributed by atoms with Gasteiger partial charge in [0.25, 0.3) is 5.91 Å². The molecule has 2 aliphatic rings. The van der Waals surface area contributed by atoms with Crippen LogP contribution < -0.4 is 10.2 Å². The van der Waals surface area contributed by atoms with Crippen LogP contribution in [0.1, 0.15) is 17.3 Å². The van der Waals surface area contributed by atoms with Crippen LogP contribution in [0.4, 0.5) is 5.82 Å². The van der Waals surface area contributed by atoms with E-state index < -0.39 is 0 Å². The molecule has 1 atom stereocenters. The molecular weight excluding hydrogens is 278 g/mol. The fourth-order valence-corrected chi connectivity index (χ4v) is 3.07. The van der Waals surface area contributed by atoms with Crippen molar-refractivity contribution in [2.24, 2.45) is 0 Å². The zero-order valence-corrected chi connectivity index (χ0v) is 13.5. The molecule has 1 N–H and O–H groups in total. The summed E-state index contributed by atoms with van der Waals surface area (Å²) in [5.74, 6) is 1.04. The highest BCUT2D eigenvalue weighted by Crippen LogP contribution is 2.17. The van der Waals surface area contributed by atoms with Crippen molar-refractivity contribution in [3.63, 3.8) is 0 Å². The van der Waals surface area contributed by atoms with Gasteiger partial charge in [-0.3, -0.25) is 4.79 Å².